The number of hydrogen-bond acceptors (Lipinski definition) is 6. The summed E-state index contributed by atoms with van der Waals surface area (Å²) < 4.78 is 69.5. The van der Waals surface area contributed by atoms with Crippen molar-refractivity contribution in [3.05, 3.63) is 69.8 Å². The van der Waals surface area contributed by atoms with Crippen molar-refractivity contribution in [1.82, 2.24) is 4.98 Å². The molecule has 0 radical (unpaired) electrons. The normalized spacial score (nSPS) is 12.2. The Labute approximate surface area is 168 Å². The van der Waals surface area contributed by atoms with Crippen molar-refractivity contribution in [2.75, 3.05) is 10.0 Å². The minimum Gasteiger partial charge on any atom is -0.378 e. The molecule has 1 heterocycles. The van der Waals surface area contributed by atoms with Crippen molar-refractivity contribution >= 4 is 32.9 Å². The molecule has 2 N–H and O–H groups in total. The number of nitrogens with one attached hydrogen (secondary N) is 2. The third-order valence-electron chi connectivity index (χ3n) is 3.91. The summed E-state index contributed by atoms with van der Waals surface area (Å²) in [6.07, 6.45) is 0. The Hall–Kier alpha value is -3.10. The van der Waals surface area contributed by atoms with Crippen LogP contribution in [-0.4, -0.2) is 13.4 Å². The molecular weight excluding hydrogens is 425 g/mol. The van der Waals surface area contributed by atoms with E-state index in [0.29, 0.717) is 0 Å². The van der Waals surface area contributed by atoms with Gasteiger partial charge in [0.2, 0.25) is 0 Å². The standard InChI is InChI=1S/C18H13F3N4O2S2/c1-10(13-4-11(7-22)2-3-14(13)19)24-12-5-15(20)18(16(21)6-12)29(26,27)25-17-8-28-9-23-17/h2-6,8-10,24-25H,1H3. The van der Waals surface area contributed by atoms with Gasteiger partial charge in [-0.05, 0) is 37.3 Å². The fraction of sp³-hybridized carbons (Fsp3) is 0.111. The number of benzene rings is 2. The van der Waals surface area contributed by atoms with Crippen LogP contribution < -0.4 is 10.0 Å². The van der Waals surface area contributed by atoms with E-state index in [1.54, 1.807) is 0 Å². The molecule has 0 amide bonds. The zero-order valence-electron chi connectivity index (χ0n) is 14.8. The molecule has 1 atom stereocenters. The summed E-state index contributed by atoms with van der Waals surface area (Å²) >= 11 is 1.11. The molecule has 150 valence electrons. The van der Waals surface area contributed by atoms with Gasteiger partial charge in [0.15, 0.2) is 10.7 Å². The molecule has 0 saturated heterocycles. The first-order valence-electron chi connectivity index (χ1n) is 8.07. The highest BCUT2D eigenvalue weighted by Gasteiger charge is 2.26. The van der Waals surface area contributed by atoms with E-state index in [-0.39, 0.29) is 22.6 Å². The van der Waals surface area contributed by atoms with Crippen LogP contribution in [0.3, 0.4) is 0 Å². The van der Waals surface area contributed by atoms with Crippen LogP contribution in [0, 0.1) is 28.8 Å². The molecule has 0 saturated carbocycles. The summed E-state index contributed by atoms with van der Waals surface area (Å²) in [5.74, 6) is -3.31. The summed E-state index contributed by atoms with van der Waals surface area (Å²) in [5, 5.41) is 13.0. The second-order valence-electron chi connectivity index (χ2n) is 5.96. The average molecular weight is 438 g/mol. The minimum absolute atomic E-state index is 0.0579. The molecule has 0 fully saturated rings. The fourth-order valence-corrected chi connectivity index (χ4v) is 4.30. The predicted molar refractivity (Wildman–Crippen MR) is 102 cm³/mol. The quantitative estimate of drug-likeness (QED) is 0.595. The lowest BCUT2D eigenvalue weighted by atomic mass is 10.0. The number of nitrogens with zero attached hydrogens (tertiary/aromatic N) is 2. The van der Waals surface area contributed by atoms with Crippen LogP contribution in [0.2, 0.25) is 0 Å². The Kier molecular flexibility index (Phi) is 5.76. The zero-order chi connectivity index (χ0) is 21.2. The summed E-state index contributed by atoms with van der Waals surface area (Å²) in [5.41, 5.74) is 1.61. The minimum atomic E-state index is -4.54. The lowest BCUT2D eigenvalue weighted by Crippen LogP contribution is -2.17. The van der Waals surface area contributed by atoms with Gasteiger partial charge in [-0.3, -0.25) is 4.72 Å². The number of anilines is 2. The number of sulfonamides is 1. The number of thiazole rings is 1. The molecule has 6 nitrogen and oxygen atoms in total. The number of hydrogen-bond donors (Lipinski definition) is 2. The number of aromatic nitrogens is 1. The maximum atomic E-state index is 14.5. The summed E-state index contributed by atoms with van der Waals surface area (Å²) in [7, 11) is -4.54. The van der Waals surface area contributed by atoms with E-state index in [1.165, 1.54) is 29.9 Å². The van der Waals surface area contributed by atoms with E-state index in [4.69, 9.17) is 5.26 Å². The van der Waals surface area contributed by atoms with Gasteiger partial charge >= 0.3 is 0 Å². The zero-order valence-corrected chi connectivity index (χ0v) is 16.4. The van der Waals surface area contributed by atoms with Crippen LogP contribution in [0.1, 0.15) is 24.1 Å². The Balaban J connectivity index is 1.89. The smallest absolute Gasteiger partial charge is 0.268 e. The third-order valence-corrected chi connectivity index (χ3v) is 5.90. The van der Waals surface area contributed by atoms with Gasteiger partial charge in [0.1, 0.15) is 17.5 Å². The topological polar surface area (TPSA) is 94.9 Å². The van der Waals surface area contributed by atoms with Crippen LogP contribution in [0.5, 0.6) is 0 Å². The molecule has 3 aromatic rings. The largest absolute Gasteiger partial charge is 0.378 e. The first-order valence-corrected chi connectivity index (χ1v) is 10.5. The van der Waals surface area contributed by atoms with Gasteiger partial charge in [-0.1, -0.05) is 0 Å². The van der Waals surface area contributed by atoms with Crippen LogP contribution in [-0.2, 0) is 10.0 Å². The van der Waals surface area contributed by atoms with Crippen molar-refractivity contribution < 1.29 is 21.6 Å². The highest BCUT2D eigenvalue weighted by Crippen LogP contribution is 2.28. The van der Waals surface area contributed by atoms with Gasteiger partial charge in [-0.15, -0.1) is 11.3 Å². The molecule has 1 aromatic heterocycles. The SMILES string of the molecule is CC(Nc1cc(F)c(S(=O)(=O)Nc2cscn2)c(F)c1)c1cc(C#N)ccc1F. The predicted octanol–water partition coefficient (Wildman–Crippen LogP) is 4.41. The lowest BCUT2D eigenvalue weighted by molar-refractivity contribution is 0.521. The van der Waals surface area contributed by atoms with E-state index < -0.39 is 38.4 Å². The van der Waals surface area contributed by atoms with E-state index in [0.717, 1.165) is 29.5 Å². The van der Waals surface area contributed by atoms with Crippen LogP contribution in [0.4, 0.5) is 24.7 Å². The Bertz CT molecular complexity index is 1170. The molecule has 11 heteroatoms. The molecule has 3 rings (SSSR count). The van der Waals surface area contributed by atoms with Crippen LogP contribution in [0.15, 0.2) is 46.1 Å². The van der Waals surface area contributed by atoms with E-state index in [1.807, 2.05) is 10.8 Å². The van der Waals surface area contributed by atoms with Gasteiger partial charge in [-0.25, -0.2) is 26.6 Å². The highest BCUT2D eigenvalue weighted by atomic mass is 32.2. The van der Waals surface area contributed by atoms with E-state index in [2.05, 4.69) is 10.3 Å². The summed E-state index contributed by atoms with van der Waals surface area (Å²) in [4.78, 5) is 2.56. The first kappa shape index (κ1) is 20.6. The molecule has 2 aromatic carbocycles. The average Bonchev–Trinajstić information content (AvgIpc) is 3.13. The molecule has 0 spiro atoms. The maximum absolute atomic E-state index is 14.5. The van der Waals surface area contributed by atoms with Crippen LogP contribution >= 0.6 is 11.3 Å². The van der Waals surface area contributed by atoms with E-state index >= 15 is 0 Å². The second kappa shape index (κ2) is 8.10. The molecule has 0 aliphatic rings. The van der Waals surface area contributed by atoms with Crippen LogP contribution in [0.25, 0.3) is 0 Å². The van der Waals surface area contributed by atoms with E-state index in [9.17, 15) is 21.6 Å². The van der Waals surface area contributed by atoms with Gasteiger partial charge in [0, 0.05) is 16.6 Å². The van der Waals surface area contributed by atoms with Crippen molar-refractivity contribution in [3.8, 4) is 6.07 Å². The Morgan fingerprint density at radius 1 is 1.14 bits per heavy atom. The number of rotatable bonds is 6. The Morgan fingerprint density at radius 2 is 1.83 bits per heavy atom. The molecular formula is C18H13F3N4O2S2. The fourth-order valence-electron chi connectivity index (χ4n) is 2.62. The lowest BCUT2D eigenvalue weighted by Gasteiger charge is -2.18. The summed E-state index contributed by atoms with van der Waals surface area (Å²) in [6, 6.07) is 6.45. The number of halogens is 3. The number of nitriles is 1. The molecule has 0 aliphatic heterocycles. The Morgan fingerprint density at radius 3 is 2.41 bits per heavy atom. The van der Waals surface area contributed by atoms with Gasteiger partial charge in [0.25, 0.3) is 10.0 Å². The maximum Gasteiger partial charge on any atom is 0.268 e. The molecule has 0 bridgehead atoms. The molecule has 29 heavy (non-hydrogen) atoms. The first-order chi connectivity index (χ1) is 13.7. The van der Waals surface area contributed by atoms with Gasteiger partial charge in [0.05, 0.1) is 23.2 Å². The summed E-state index contributed by atoms with van der Waals surface area (Å²) in [6.45, 7) is 1.53. The molecule has 1 unspecified atom stereocenters. The highest BCUT2D eigenvalue weighted by molar-refractivity contribution is 7.92. The molecule has 0 aliphatic carbocycles. The van der Waals surface area contributed by atoms with Crippen molar-refractivity contribution in [2.45, 2.75) is 17.9 Å². The van der Waals surface area contributed by atoms with Gasteiger partial charge < -0.3 is 5.32 Å². The second-order valence-corrected chi connectivity index (χ2v) is 8.30. The van der Waals surface area contributed by atoms with Crippen molar-refractivity contribution in [1.29, 1.82) is 5.26 Å². The van der Waals surface area contributed by atoms with Crippen molar-refractivity contribution in [3.63, 3.8) is 0 Å². The van der Waals surface area contributed by atoms with Crippen molar-refractivity contribution in [2.24, 2.45) is 0 Å². The van der Waals surface area contributed by atoms with Gasteiger partial charge in [-0.2, -0.15) is 5.26 Å². The third kappa shape index (κ3) is 4.49. The monoisotopic (exact) mass is 438 g/mol.